The smallest absolute Gasteiger partial charge is 0.339 e. The molecule has 0 bridgehead atoms. The van der Waals surface area contributed by atoms with Crippen LogP contribution in [0.3, 0.4) is 0 Å². The summed E-state index contributed by atoms with van der Waals surface area (Å²) in [6, 6.07) is 4.95. The number of rotatable bonds is 4. The van der Waals surface area contributed by atoms with E-state index in [0.29, 0.717) is 5.88 Å². The van der Waals surface area contributed by atoms with E-state index in [9.17, 15) is 4.79 Å². The van der Waals surface area contributed by atoms with Crippen molar-refractivity contribution >= 4 is 6.03 Å². The van der Waals surface area contributed by atoms with Gasteiger partial charge in [0.2, 0.25) is 5.88 Å². The molecule has 0 aromatic carbocycles. The minimum absolute atomic E-state index is 0.0243. The highest BCUT2D eigenvalue weighted by Crippen LogP contribution is 2.23. The average molecular weight is 274 g/mol. The highest BCUT2D eigenvalue weighted by molar-refractivity contribution is 5.73. The zero-order chi connectivity index (χ0) is 14.7. The Morgan fingerprint density at radius 3 is 2.55 bits per heavy atom. The topological polar surface area (TPSA) is 83.0 Å². The predicted octanol–water partition coefficient (Wildman–Crippen LogP) is 2.14. The monoisotopic (exact) mass is 274 g/mol. The Kier molecular flexibility index (Phi) is 4.02. The van der Waals surface area contributed by atoms with Crippen molar-refractivity contribution in [2.75, 3.05) is 0 Å². The number of nitrogens with two attached hydrogens (primary N) is 1. The zero-order valence-corrected chi connectivity index (χ0v) is 11.8. The standard InChI is InChI=1S/C14H18N4O2/c1-9(2)20-13-5-4-11(8-16-13)10(3)12-6-7-18(17-12)14(15)19/h4-10H,1-3H3,(H2,15,19). The molecule has 106 valence electrons. The van der Waals surface area contributed by atoms with Gasteiger partial charge in [-0.2, -0.15) is 9.78 Å². The SMILES string of the molecule is CC(C)Oc1ccc(C(C)c2ccn(C(N)=O)n2)cn1. The summed E-state index contributed by atoms with van der Waals surface area (Å²) < 4.78 is 6.62. The molecule has 1 unspecified atom stereocenters. The van der Waals surface area contributed by atoms with Crippen molar-refractivity contribution < 1.29 is 9.53 Å². The second kappa shape index (κ2) is 5.73. The highest BCUT2D eigenvalue weighted by Gasteiger charge is 2.13. The summed E-state index contributed by atoms with van der Waals surface area (Å²) in [6.07, 6.45) is 3.40. The van der Waals surface area contributed by atoms with Crippen molar-refractivity contribution in [1.29, 1.82) is 0 Å². The average Bonchev–Trinajstić information content (AvgIpc) is 2.88. The minimum Gasteiger partial charge on any atom is -0.475 e. The molecule has 0 saturated carbocycles. The number of aromatic nitrogens is 3. The molecule has 2 heterocycles. The summed E-state index contributed by atoms with van der Waals surface area (Å²) >= 11 is 0. The van der Waals surface area contributed by atoms with E-state index in [1.54, 1.807) is 18.5 Å². The number of ether oxygens (including phenoxy) is 1. The summed E-state index contributed by atoms with van der Waals surface area (Å²) in [6.45, 7) is 5.90. The number of nitrogens with zero attached hydrogens (tertiary/aromatic N) is 3. The third-order valence-electron chi connectivity index (χ3n) is 2.89. The van der Waals surface area contributed by atoms with Gasteiger partial charge < -0.3 is 10.5 Å². The van der Waals surface area contributed by atoms with Gasteiger partial charge in [0, 0.05) is 24.4 Å². The maximum absolute atomic E-state index is 11.0. The van der Waals surface area contributed by atoms with Crippen LogP contribution in [0.25, 0.3) is 0 Å². The first-order valence-corrected chi connectivity index (χ1v) is 6.45. The maximum Gasteiger partial charge on any atom is 0.339 e. The van der Waals surface area contributed by atoms with Crippen LogP contribution in [0.2, 0.25) is 0 Å². The molecule has 0 saturated heterocycles. The molecule has 1 atom stereocenters. The van der Waals surface area contributed by atoms with Gasteiger partial charge in [-0.05, 0) is 25.5 Å². The van der Waals surface area contributed by atoms with E-state index >= 15 is 0 Å². The van der Waals surface area contributed by atoms with Crippen LogP contribution in [0.15, 0.2) is 30.6 Å². The van der Waals surface area contributed by atoms with Gasteiger partial charge in [-0.3, -0.25) is 0 Å². The van der Waals surface area contributed by atoms with Gasteiger partial charge in [-0.25, -0.2) is 9.78 Å². The van der Waals surface area contributed by atoms with Gasteiger partial charge >= 0.3 is 6.03 Å². The molecule has 0 spiro atoms. The predicted molar refractivity (Wildman–Crippen MR) is 74.7 cm³/mol. The van der Waals surface area contributed by atoms with Crippen LogP contribution >= 0.6 is 0 Å². The fraction of sp³-hybridized carbons (Fsp3) is 0.357. The fourth-order valence-electron chi connectivity index (χ4n) is 1.82. The Morgan fingerprint density at radius 2 is 2.05 bits per heavy atom. The van der Waals surface area contributed by atoms with Crippen molar-refractivity contribution in [3.8, 4) is 5.88 Å². The van der Waals surface area contributed by atoms with Crippen molar-refractivity contribution in [2.45, 2.75) is 32.8 Å². The molecule has 6 heteroatoms. The number of primary amides is 1. The lowest BCUT2D eigenvalue weighted by Gasteiger charge is -2.11. The molecule has 0 aliphatic rings. The molecule has 0 fully saturated rings. The normalized spacial score (nSPS) is 12.4. The maximum atomic E-state index is 11.0. The molecular weight excluding hydrogens is 256 g/mol. The Labute approximate surface area is 117 Å². The highest BCUT2D eigenvalue weighted by atomic mass is 16.5. The zero-order valence-electron chi connectivity index (χ0n) is 11.8. The second-order valence-electron chi connectivity index (χ2n) is 4.84. The number of amides is 1. The Morgan fingerprint density at radius 1 is 1.30 bits per heavy atom. The largest absolute Gasteiger partial charge is 0.475 e. The molecule has 0 aliphatic carbocycles. The minimum atomic E-state index is -0.595. The van der Waals surface area contributed by atoms with Gasteiger partial charge in [0.25, 0.3) is 0 Å². The summed E-state index contributed by atoms with van der Waals surface area (Å²) in [5.41, 5.74) is 6.93. The fourth-order valence-corrected chi connectivity index (χ4v) is 1.82. The third-order valence-corrected chi connectivity index (χ3v) is 2.89. The van der Waals surface area contributed by atoms with E-state index in [0.717, 1.165) is 15.9 Å². The van der Waals surface area contributed by atoms with Crippen molar-refractivity contribution in [1.82, 2.24) is 14.8 Å². The number of hydrogen-bond acceptors (Lipinski definition) is 4. The van der Waals surface area contributed by atoms with Gasteiger partial charge in [0.1, 0.15) is 0 Å². The van der Waals surface area contributed by atoms with Crippen LogP contribution in [0, 0.1) is 0 Å². The molecule has 2 aromatic rings. The third kappa shape index (κ3) is 3.14. The van der Waals surface area contributed by atoms with Crippen molar-refractivity contribution in [3.05, 3.63) is 41.9 Å². The number of pyridine rings is 1. The molecule has 2 aromatic heterocycles. The van der Waals surface area contributed by atoms with Crippen LogP contribution < -0.4 is 10.5 Å². The number of carbonyl (C=O) groups is 1. The van der Waals surface area contributed by atoms with Crippen LogP contribution in [0.5, 0.6) is 5.88 Å². The molecule has 20 heavy (non-hydrogen) atoms. The molecule has 0 radical (unpaired) electrons. The van der Waals surface area contributed by atoms with Gasteiger partial charge in [0.05, 0.1) is 11.8 Å². The van der Waals surface area contributed by atoms with E-state index in [-0.39, 0.29) is 12.0 Å². The molecular formula is C14H18N4O2. The van der Waals surface area contributed by atoms with E-state index < -0.39 is 6.03 Å². The molecule has 6 nitrogen and oxygen atoms in total. The first-order chi connectivity index (χ1) is 9.47. The number of hydrogen-bond donors (Lipinski definition) is 1. The van der Waals surface area contributed by atoms with Crippen LogP contribution in [0.1, 0.15) is 37.9 Å². The van der Waals surface area contributed by atoms with Gasteiger partial charge in [-0.1, -0.05) is 13.0 Å². The Hall–Kier alpha value is -2.37. The van der Waals surface area contributed by atoms with Crippen molar-refractivity contribution in [3.63, 3.8) is 0 Å². The summed E-state index contributed by atoms with van der Waals surface area (Å²) in [5, 5.41) is 4.14. The summed E-state index contributed by atoms with van der Waals surface area (Å²) in [5.74, 6) is 0.620. The Bertz CT molecular complexity index is 589. The summed E-state index contributed by atoms with van der Waals surface area (Å²) in [7, 11) is 0. The quantitative estimate of drug-likeness (QED) is 0.925. The second-order valence-corrected chi connectivity index (χ2v) is 4.84. The lowest BCUT2D eigenvalue weighted by Crippen LogP contribution is -2.20. The molecule has 2 rings (SSSR count). The van der Waals surface area contributed by atoms with Crippen LogP contribution in [-0.4, -0.2) is 26.9 Å². The first-order valence-electron chi connectivity index (χ1n) is 6.45. The molecule has 1 amide bonds. The van der Waals surface area contributed by atoms with Crippen LogP contribution in [-0.2, 0) is 0 Å². The number of carbonyl (C=O) groups excluding carboxylic acids is 1. The van der Waals surface area contributed by atoms with Crippen LogP contribution in [0.4, 0.5) is 4.79 Å². The summed E-state index contributed by atoms with van der Waals surface area (Å²) in [4.78, 5) is 15.3. The molecule has 0 aliphatic heterocycles. The lowest BCUT2D eigenvalue weighted by molar-refractivity contribution is 0.232. The first kappa shape index (κ1) is 14.0. The van der Waals surface area contributed by atoms with E-state index in [4.69, 9.17) is 10.5 Å². The lowest BCUT2D eigenvalue weighted by atomic mass is 10.00. The van der Waals surface area contributed by atoms with E-state index in [1.165, 1.54) is 0 Å². The van der Waals surface area contributed by atoms with Gasteiger partial charge in [-0.15, -0.1) is 0 Å². The van der Waals surface area contributed by atoms with Crippen molar-refractivity contribution in [2.24, 2.45) is 5.73 Å². The molecule has 2 N–H and O–H groups in total. The Balaban J connectivity index is 2.15. The van der Waals surface area contributed by atoms with Gasteiger partial charge in [0.15, 0.2) is 0 Å². The van der Waals surface area contributed by atoms with E-state index in [1.807, 2.05) is 32.9 Å². The van der Waals surface area contributed by atoms with E-state index in [2.05, 4.69) is 10.1 Å².